The molecule has 53 heavy (non-hydrogen) atoms. The summed E-state index contributed by atoms with van der Waals surface area (Å²) in [5.41, 5.74) is 4.39. The molecule has 1 aliphatic carbocycles. The van der Waals surface area contributed by atoms with Crippen LogP contribution in [-0.4, -0.2) is 89.9 Å². The van der Waals surface area contributed by atoms with Crippen LogP contribution in [0.4, 0.5) is 16.6 Å². The first-order chi connectivity index (χ1) is 25.4. The zero-order valence-electron chi connectivity index (χ0n) is 31.4. The van der Waals surface area contributed by atoms with Crippen LogP contribution in [0.2, 0.25) is 0 Å². The smallest absolute Gasteiger partial charge is 0.320 e. The third-order valence-corrected chi connectivity index (χ3v) is 9.80. The van der Waals surface area contributed by atoms with E-state index in [2.05, 4.69) is 75.6 Å². The van der Waals surface area contributed by atoms with Crippen LogP contribution in [0.5, 0.6) is 5.75 Å². The predicted molar refractivity (Wildman–Crippen MR) is 203 cm³/mol. The number of rotatable bonds is 9. The lowest BCUT2D eigenvalue weighted by molar-refractivity contribution is -0.122. The Balaban J connectivity index is 0.00000155. The highest BCUT2D eigenvalue weighted by Crippen LogP contribution is 2.39. The number of nitrogens with one attached hydrogen (secondary N) is 2. The number of benzene rings is 1. The summed E-state index contributed by atoms with van der Waals surface area (Å²) < 4.78 is 12.4. The van der Waals surface area contributed by atoms with Crippen molar-refractivity contribution in [3.05, 3.63) is 77.9 Å². The van der Waals surface area contributed by atoms with Gasteiger partial charge in [-0.25, -0.2) is 9.48 Å². The monoisotopic (exact) mass is 725 g/mol. The molecule has 5 heterocycles. The van der Waals surface area contributed by atoms with Crippen molar-refractivity contribution in [2.75, 3.05) is 37.4 Å². The minimum Gasteiger partial charge on any atom is -0.484 e. The quantitative estimate of drug-likeness (QED) is 0.158. The number of pyridine rings is 1. The fourth-order valence-corrected chi connectivity index (χ4v) is 6.94. The summed E-state index contributed by atoms with van der Waals surface area (Å²) >= 11 is 0. The van der Waals surface area contributed by atoms with Crippen molar-refractivity contribution < 1.29 is 19.4 Å². The number of hydrogen-bond donors (Lipinski definition) is 3. The number of carboxylic acid groups (broad SMARTS) is 1. The third kappa shape index (κ3) is 8.62. The van der Waals surface area contributed by atoms with Crippen molar-refractivity contribution >= 4 is 29.9 Å². The van der Waals surface area contributed by atoms with E-state index in [0.29, 0.717) is 11.9 Å². The number of carbonyl (C=O) groups is 2. The normalized spacial score (nSPS) is 18.6. The molecule has 2 aliphatic rings. The predicted octanol–water partition coefficient (Wildman–Crippen LogP) is 5.83. The minimum absolute atomic E-state index is 0.154. The topological polar surface area (TPSA) is 160 Å². The summed E-state index contributed by atoms with van der Waals surface area (Å²) in [5, 5.41) is 31.6. The second kappa shape index (κ2) is 16.1. The van der Waals surface area contributed by atoms with E-state index in [1.807, 2.05) is 65.9 Å². The molecule has 0 bridgehead atoms. The van der Waals surface area contributed by atoms with Crippen molar-refractivity contribution in [3.8, 4) is 11.4 Å². The Hall–Kier alpha value is -5.44. The molecule has 5 aromatic rings. The van der Waals surface area contributed by atoms with Crippen LogP contribution in [0.3, 0.4) is 0 Å². The molecule has 1 aromatic carbocycles. The number of piperidine rings is 1. The van der Waals surface area contributed by atoms with Gasteiger partial charge in [-0.1, -0.05) is 45.0 Å². The largest absolute Gasteiger partial charge is 0.484 e. The fraction of sp³-hybridized carbons (Fsp3) is 0.474. The van der Waals surface area contributed by atoms with Crippen molar-refractivity contribution in [2.45, 2.75) is 89.9 Å². The summed E-state index contributed by atoms with van der Waals surface area (Å²) in [5.74, 6) is 2.22. The maximum Gasteiger partial charge on any atom is 0.320 e. The van der Waals surface area contributed by atoms with Gasteiger partial charge in [0, 0.05) is 30.6 Å². The molecule has 0 saturated carbocycles. The number of urea groups is 1. The SMILES string of the molecule is C[C@@H]1CCCCN1c1nnc2ccc(O[C@@H]3CC[C@H](NC(=O)Nc4cc(C(C)(C)C)nn4-c4cnn(CCN(C)C)c4)c4ccccc43)cn12.O=CO. The van der Waals surface area contributed by atoms with E-state index in [1.165, 1.54) is 6.42 Å². The lowest BCUT2D eigenvalue weighted by atomic mass is 9.85. The van der Waals surface area contributed by atoms with Gasteiger partial charge in [-0.05, 0) is 76.4 Å². The van der Waals surface area contributed by atoms with Crippen molar-refractivity contribution in [3.63, 3.8) is 0 Å². The second-order valence-electron chi connectivity index (χ2n) is 15.0. The molecule has 3 atom stereocenters. The first-order valence-electron chi connectivity index (χ1n) is 18.3. The number of anilines is 2. The maximum atomic E-state index is 13.6. The van der Waals surface area contributed by atoms with Gasteiger partial charge in [0.25, 0.3) is 6.47 Å². The van der Waals surface area contributed by atoms with Crippen LogP contribution >= 0.6 is 0 Å². The number of aromatic nitrogens is 7. The number of likely N-dealkylation sites (N-methyl/N-ethyl adjacent to an activating group) is 1. The Bertz CT molecular complexity index is 2010. The van der Waals surface area contributed by atoms with Crippen molar-refractivity contribution in [2.24, 2.45) is 0 Å². The van der Waals surface area contributed by atoms with Gasteiger partial charge in [0.2, 0.25) is 5.95 Å². The Morgan fingerprint density at radius 1 is 1.06 bits per heavy atom. The first kappa shape index (κ1) is 37.3. The number of carbonyl (C=O) groups excluding carboxylic acids is 1. The van der Waals surface area contributed by atoms with Crippen LogP contribution in [0.1, 0.15) is 88.8 Å². The molecular formula is C38H51N11O4. The molecule has 4 aromatic heterocycles. The van der Waals surface area contributed by atoms with E-state index in [9.17, 15) is 4.79 Å². The van der Waals surface area contributed by atoms with Crippen LogP contribution < -0.4 is 20.3 Å². The molecule has 0 unspecified atom stereocenters. The van der Waals surface area contributed by atoms with Crippen LogP contribution in [0.15, 0.2) is 61.1 Å². The van der Waals surface area contributed by atoms with Gasteiger partial charge in [-0.2, -0.15) is 10.2 Å². The van der Waals surface area contributed by atoms with Gasteiger partial charge in [0.1, 0.15) is 23.4 Å². The molecule has 1 fully saturated rings. The number of amides is 2. The molecule has 0 spiro atoms. The number of hydrogen-bond acceptors (Lipinski definition) is 9. The molecule has 3 N–H and O–H groups in total. The fourth-order valence-electron chi connectivity index (χ4n) is 6.94. The van der Waals surface area contributed by atoms with Gasteiger partial charge in [-0.15, -0.1) is 10.2 Å². The Labute approximate surface area is 309 Å². The van der Waals surface area contributed by atoms with Crippen LogP contribution in [0.25, 0.3) is 11.3 Å². The molecular weight excluding hydrogens is 674 g/mol. The van der Waals surface area contributed by atoms with E-state index in [4.69, 9.17) is 19.7 Å². The van der Waals surface area contributed by atoms with E-state index < -0.39 is 0 Å². The Morgan fingerprint density at radius 2 is 1.83 bits per heavy atom. The van der Waals surface area contributed by atoms with Crippen molar-refractivity contribution in [1.82, 2.24) is 44.4 Å². The number of fused-ring (bicyclic) bond motifs is 2. The summed E-state index contributed by atoms with van der Waals surface area (Å²) in [6.45, 7) is 10.9. The maximum absolute atomic E-state index is 13.6. The molecule has 2 amide bonds. The first-order valence-corrected chi connectivity index (χ1v) is 18.3. The van der Waals surface area contributed by atoms with Gasteiger partial charge in [-0.3, -0.25) is 19.2 Å². The van der Waals surface area contributed by atoms with E-state index >= 15 is 0 Å². The summed E-state index contributed by atoms with van der Waals surface area (Å²) in [6, 6.07) is 14.1. The molecule has 7 rings (SSSR count). The highest BCUT2D eigenvalue weighted by atomic mass is 16.5. The number of ether oxygens (including phenoxy) is 1. The lowest BCUT2D eigenvalue weighted by Crippen LogP contribution is -2.38. The standard InChI is InChI=1S/C37H49N11O2.CH2O2/c1-25-11-9-10-18-46(25)36-42-41-33-17-14-27(24-47(33)36)50-31-16-15-30(28-12-7-8-13-29(28)31)39-35(49)40-34-21-32(37(2,3)4)43-48(34)26-22-38-45(23-26)20-19-44(5)6;2-1-3/h7-8,12-14,17,21-25,30-31H,9-11,15-16,18-20H2,1-6H3,(H2,39,40,49);1H,(H,2,3)/t25-,30+,31-;/m1./s1. The highest BCUT2D eigenvalue weighted by Gasteiger charge is 2.31. The lowest BCUT2D eigenvalue weighted by Gasteiger charge is -2.33. The molecule has 282 valence electrons. The molecule has 0 radical (unpaired) electrons. The Kier molecular flexibility index (Phi) is 11.3. The van der Waals surface area contributed by atoms with Gasteiger partial charge in [0.15, 0.2) is 5.65 Å². The van der Waals surface area contributed by atoms with Crippen molar-refractivity contribution in [1.29, 1.82) is 0 Å². The number of nitrogens with zero attached hydrogens (tertiary/aromatic N) is 9. The molecule has 1 saturated heterocycles. The zero-order chi connectivity index (χ0) is 37.7. The van der Waals surface area contributed by atoms with Gasteiger partial charge >= 0.3 is 6.03 Å². The summed E-state index contributed by atoms with van der Waals surface area (Å²) in [6.07, 6.45) is 10.6. The highest BCUT2D eigenvalue weighted by molar-refractivity contribution is 5.89. The zero-order valence-corrected chi connectivity index (χ0v) is 31.4. The average Bonchev–Trinajstić information content (AvgIpc) is 3.88. The van der Waals surface area contributed by atoms with Gasteiger partial charge < -0.3 is 25.0 Å². The van der Waals surface area contributed by atoms with E-state index in [0.717, 1.165) is 85.2 Å². The molecule has 15 nitrogen and oxygen atoms in total. The Morgan fingerprint density at radius 3 is 2.57 bits per heavy atom. The van der Waals surface area contributed by atoms with Gasteiger partial charge in [0.05, 0.1) is 36.9 Å². The van der Waals surface area contributed by atoms with Crippen LogP contribution in [0, 0.1) is 0 Å². The average molecular weight is 726 g/mol. The summed E-state index contributed by atoms with van der Waals surface area (Å²) in [7, 11) is 4.08. The molecule has 15 heteroatoms. The minimum atomic E-state index is -0.289. The van der Waals surface area contributed by atoms with Crippen LogP contribution in [-0.2, 0) is 16.8 Å². The molecule has 1 aliphatic heterocycles. The second-order valence-corrected chi connectivity index (χ2v) is 15.0. The van der Waals surface area contributed by atoms with E-state index in [-0.39, 0.29) is 30.1 Å². The van der Waals surface area contributed by atoms with E-state index in [1.54, 1.807) is 10.9 Å². The summed E-state index contributed by atoms with van der Waals surface area (Å²) in [4.78, 5) is 26.5. The third-order valence-electron chi connectivity index (χ3n) is 9.80.